The number of hydrogen-bond donors (Lipinski definition) is 2. The molecule has 6 nitrogen and oxygen atoms in total. The Morgan fingerprint density at radius 2 is 2.06 bits per heavy atom. The van der Waals surface area contributed by atoms with E-state index in [-0.39, 0.29) is 30.8 Å². The number of hydrogen-bond acceptors (Lipinski definition) is 3. The van der Waals surface area contributed by atoms with E-state index >= 15 is 0 Å². The first-order chi connectivity index (χ1) is 8.08. The van der Waals surface area contributed by atoms with Gasteiger partial charge < -0.3 is 15.3 Å². The number of carboxylic acid groups (broad SMARTS) is 1. The van der Waals surface area contributed by atoms with Crippen LogP contribution in [0.1, 0.15) is 32.1 Å². The fourth-order valence-corrected chi connectivity index (χ4v) is 2.07. The molecule has 0 bridgehead atoms. The molecule has 94 valence electrons. The molecule has 1 atom stereocenters. The highest BCUT2D eigenvalue weighted by Crippen LogP contribution is 2.28. The van der Waals surface area contributed by atoms with Gasteiger partial charge in [-0.3, -0.25) is 14.4 Å². The lowest BCUT2D eigenvalue weighted by Crippen LogP contribution is -2.46. The molecule has 0 aromatic heterocycles. The van der Waals surface area contributed by atoms with Crippen molar-refractivity contribution >= 4 is 17.8 Å². The highest BCUT2D eigenvalue weighted by molar-refractivity contribution is 5.91. The Hall–Kier alpha value is -1.59. The zero-order chi connectivity index (χ0) is 12.4. The Balaban J connectivity index is 1.93. The second-order valence-electron chi connectivity index (χ2n) is 4.57. The lowest BCUT2D eigenvalue weighted by atomic mass is 10.2. The smallest absolute Gasteiger partial charge is 0.305 e. The van der Waals surface area contributed by atoms with E-state index in [0.717, 1.165) is 12.8 Å². The minimum Gasteiger partial charge on any atom is -0.481 e. The lowest BCUT2D eigenvalue weighted by molar-refractivity contribution is -0.139. The molecule has 0 radical (unpaired) electrons. The summed E-state index contributed by atoms with van der Waals surface area (Å²) in [5.74, 6) is -1.13. The molecule has 1 heterocycles. The number of rotatable bonds is 5. The van der Waals surface area contributed by atoms with Crippen molar-refractivity contribution in [3.63, 3.8) is 0 Å². The molecule has 1 aliphatic heterocycles. The standard InChI is InChI=1S/C11H16N2O4/c14-9-4-3-8(12-9)11(17)13(7-1-2-7)6-5-10(15)16/h7-8H,1-6H2,(H,12,14)(H,15,16)/t8-/m0/s1. The molecule has 1 saturated heterocycles. The van der Waals surface area contributed by atoms with Gasteiger partial charge in [0.15, 0.2) is 0 Å². The summed E-state index contributed by atoms with van der Waals surface area (Å²) in [5.41, 5.74) is 0. The van der Waals surface area contributed by atoms with Gasteiger partial charge in [0.1, 0.15) is 6.04 Å². The first-order valence-electron chi connectivity index (χ1n) is 5.89. The van der Waals surface area contributed by atoms with E-state index in [2.05, 4.69) is 5.32 Å². The fourth-order valence-electron chi connectivity index (χ4n) is 2.07. The molecule has 2 rings (SSSR count). The van der Waals surface area contributed by atoms with Crippen molar-refractivity contribution in [1.29, 1.82) is 0 Å². The SMILES string of the molecule is O=C(O)CCN(C(=O)[C@@H]1CCC(=O)N1)C1CC1. The van der Waals surface area contributed by atoms with Crippen LogP contribution in [0, 0.1) is 0 Å². The third kappa shape index (κ3) is 2.95. The van der Waals surface area contributed by atoms with Crippen LogP contribution in [0.4, 0.5) is 0 Å². The Bertz CT molecular complexity index is 351. The van der Waals surface area contributed by atoms with Crippen molar-refractivity contribution in [2.24, 2.45) is 0 Å². The minimum atomic E-state index is -0.904. The number of amides is 2. The topological polar surface area (TPSA) is 86.7 Å². The van der Waals surface area contributed by atoms with Gasteiger partial charge in [-0.1, -0.05) is 0 Å². The number of nitrogens with one attached hydrogen (secondary N) is 1. The van der Waals surface area contributed by atoms with Crippen molar-refractivity contribution < 1.29 is 19.5 Å². The zero-order valence-electron chi connectivity index (χ0n) is 9.52. The van der Waals surface area contributed by atoms with Gasteiger partial charge in [0.25, 0.3) is 0 Å². The van der Waals surface area contributed by atoms with Gasteiger partial charge in [0, 0.05) is 19.0 Å². The van der Waals surface area contributed by atoms with Gasteiger partial charge in [-0.05, 0) is 19.3 Å². The van der Waals surface area contributed by atoms with Crippen LogP contribution in [0.15, 0.2) is 0 Å². The molecule has 0 aromatic carbocycles. The van der Waals surface area contributed by atoms with Crippen molar-refractivity contribution in [2.75, 3.05) is 6.54 Å². The van der Waals surface area contributed by atoms with Crippen LogP contribution in [0.3, 0.4) is 0 Å². The van der Waals surface area contributed by atoms with Crippen molar-refractivity contribution in [3.8, 4) is 0 Å². The Labute approximate surface area is 99.0 Å². The van der Waals surface area contributed by atoms with Gasteiger partial charge in [0.05, 0.1) is 6.42 Å². The van der Waals surface area contributed by atoms with E-state index in [1.165, 1.54) is 0 Å². The van der Waals surface area contributed by atoms with E-state index in [0.29, 0.717) is 12.8 Å². The van der Waals surface area contributed by atoms with Gasteiger partial charge in [-0.25, -0.2) is 0 Å². The summed E-state index contributed by atoms with van der Waals surface area (Å²) in [6.07, 6.45) is 2.74. The van der Waals surface area contributed by atoms with Crippen LogP contribution in [0.5, 0.6) is 0 Å². The summed E-state index contributed by atoms with van der Waals surface area (Å²) >= 11 is 0. The van der Waals surface area contributed by atoms with E-state index in [1.807, 2.05) is 0 Å². The summed E-state index contributed by atoms with van der Waals surface area (Å²) in [6.45, 7) is 0.241. The number of carbonyl (C=O) groups is 3. The first kappa shape index (κ1) is 11.9. The van der Waals surface area contributed by atoms with Crippen LogP contribution in [0.25, 0.3) is 0 Å². The monoisotopic (exact) mass is 240 g/mol. The molecular formula is C11H16N2O4. The molecule has 17 heavy (non-hydrogen) atoms. The molecule has 0 aromatic rings. The third-order valence-corrected chi connectivity index (χ3v) is 3.13. The van der Waals surface area contributed by atoms with E-state index in [9.17, 15) is 14.4 Å². The second kappa shape index (κ2) is 4.73. The average Bonchev–Trinajstić information content (AvgIpc) is 3.00. The summed E-state index contributed by atoms with van der Waals surface area (Å²) < 4.78 is 0. The molecular weight excluding hydrogens is 224 g/mol. The van der Waals surface area contributed by atoms with Crippen molar-refractivity contribution in [3.05, 3.63) is 0 Å². The maximum Gasteiger partial charge on any atom is 0.305 e. The first-order valence-corrected chi connectivity index (χ1v) is 5.89. The summed E-state index contributed by atoms with van der Waals surface area (Å²) in [4.78, 5) is 35.3. The summed E-state index contributed by atoms with van der Waals surface area (Å²) in [6, 6.07) is -0.267. The maximum atomic E-state index is 12.1. The van der Waals surface area contributed by atoms with Crippen LogP contribution in [-0.2, 0) is 14.4 Å². The van der Waals surface area contributed by atoms with E-state index in [4.69, 9.17) is 5.11 Å². The summed E-state index contributed by atoms with van der Waals surface area (Å²) in [7, 11) is 0. The number of carboxylic acids is 1. The molecule has 2 aliphatic rings. The predicted octanol–water partition coefficient (Wildman–Crippen LogP) is -0.269. The number of carbonyl (C=O) groups excluding carboxylic acids is 2. The molecule has 1 aliphatic carbocycles. The minimum absolute atomic E-state index is 0.0388. The van der Waals surface area contributed by atoms with Crippen molar-refractivity contribution in [1.82, 2.24) is 10.2 Å². The van der Waals surface area contributed by atoms with Crippen molar-refractivity contribution in [2.45, 2.75) is 44.2 Å². The lowest BCUT2D eigenvalue weighted by Gasteiger charge is -2.24. The van der Waals surface area contributed by atoms with Gasteiger partial charge in [-0.15, -0.1) is 0 Å². The largest absolute Gasteiger partial charge is 0.481 e. The maximum absolute atomic E-state index is 12.1. The van der Waals surface area contributed by atoms with Crippen LogP contribution in [0.2, 0.25) is 0 Å². The quantitative estimate of drug-likeness (QED) is 0.692. The third-order valence-electron chi connectivity index (χ3n) is 3.13. The molecule has 2 fully saturated rings. The van der Waals surface area contributed by atoms with E-state index in [1.54, 1.807) is 4.90 Å². The molecule has 2 N–H and O–H groups in total. The Morgan fingerprint density at radius 3 is 2.53 bits per heavy atom. The highest BCUT2D eigenvalue weighted by Gasteiger charge is 2.38. The number of aliphatic carboxylic acids is 1. The molecule has 1 saturated carbocycles. The molecule has 0 unspecified atom stereocenters. The zero-order valence-corrected chi connectivity index (χ0v) is 9.52. The molecule has 0 spiro atoms. The summed E-state index contributed by atoms with van der Waals surface area (Å²) in [5, 5.41) is 11.3. The Kier molecular flexibility index (Phi) is 3.31. The second-order valence-corrected chi connectivity index (χ2v) is 4.57. The normalized spacial score (nSPS) is 23.3. The number of nitrogens with zero attached hydrogens (tertiary/aromatic N) is 1. The van der Waals surface area contributed by atoms with Gasteiger partial charge in [-0.2, -0.15) is 0 Å². The van der Waals surface area contributed by atoms with Gasteiger partial charge in [0.2, 0.25) is 11.8 Å². The highest BCUT2D eigenvalue weighted by atomic mass is 16.4. The molecule has 6 heteroatoms. The Morgan fingerprint density at radius 1 is 1.35 bits per heavy atom. The van der Waals surface area contributed by atoms with Crippen LogP contribution >= 0.6 is 0 Å². The predicted molar refractivity (Wildman–Crippen MR) is 58.2 cm³/mol. The van der Waals surface area contributed by atoms with E-state index < -0.39 is 12.0 Å². The average molecular weight is 240 g/mol. The molecule has 2 amide bonds. The van der Waals surface area contributed by atoms with Crippen LogP contribution < -0.4 is 5.32 Å². The van der Waals surface area contributed by atoms with Gasteiger partial charge >= 0.3 is 5.97 Å². The van der Waals surface area contributed by atoms with Crippen LogP contribution in [-0.4, -0.2) is 46.4 Å². The fraction of sp³-hybridized carbons (Fsp3) is 0.727.